The molecule has 2 aliphatic heterocycles. The van der Waals surface area contributed by atoms with E-state index >= 15 is 0 Å². The van der Waals surface area contributed by atoms with E-state index in [-0.39, 0.29) is 18.0 Å². The van der Waals surface area contributed by atoms with Crippen molar-refractivity contribution in [2.45, 2.75) is 36.7 Å². The van der Waals surface area contributed by atoms with Gasteiger partial charge in [-0.2, -0.15) is 4.68 Å². The summed E-state index contributed by atoms with van der Waals surface area (Å²) in [6.07, 6.45) is 0.386. The molecule has 0 saturated carbocycles. The van der Waals surface area contributed by atoms with Crippen LogP contribution in [0.4, 0.5) is 4.79 Å². The fraction of sp³-hybridized carbons (Fsp3) is 0.500. The maximum absolute atomic E-state index is 13.2. The van der Waals surface area contributed by atoms with Gasteiger partial charge in [-0.15, -0.1) is 5.10 Å². The van der Waals surface area contributed by atoms with Crippen molar-refractivity contribution in [3.8, 4) is 0 Å². The van der Waals surface area contributed by atoms with Gasteiger partial charge in [0.25, 0.3) is 5.91 Å². The third kappa shape index (κ3) is 3.93. The Balaban J connectivity index is 1.59. The Hall–Kier alpha value is -2.10. The summed E-state index contributed by atoms with van der Waals surface area (Å²) in [5.41, 5.74) is 0.899. The molecule has 1 aromatic heterocycles. The van der Waals surface area contributed by atoms with E-state index in [1.807, 2.05) is 31.2 Å². The molecule has 30 heavy (non-hydrogen) atoms. The number of hydrogen-bond donors (Lipinski definition) is 0. The molecule has 0 aliphatic carbocycles. The van der Waals surface area contributed by atoms with Crippen LogP contribution < -0.4 is 0 Å². The van der Waals surface area contributed by atoms with E-state index in [0.717, 1.165) is 5.56 Å². The summed E-state index contributed by atoms with van der Waals surface area (Å²) in [5.74, 6) is 0.585. The number of benzene rings is 1. The van der Waals surface area contributed by atoms with Gasteiger partial charge in [0, 0.05) is 37.6 Å². The monoisotopic (exact) mass is 449 g/mol. The summed E-state index contributed by atoms with van der Waals surface area (Å²) < 4.78 is 6.54. The predicted molar refractivity (Wildman–Crippen MR) is 114 cm³/mol. The van der Waals surface area contributed by atoms with E-state index in [1.54, 1.807) is 11.8 Å². The van der Waals surface area contributed by atoms with E-state index in [9.17, 15) is 9.59 Å². The SMILES string of the molecule is CCOC(=O)N1CCN(C(c2ccccc2Cl)C2Sc3nc(CC)nn3C2=O)CC1. The minimum Gasteiger partial charge on any atom is -0.450 e. The van der Waals surface area contributed by atoms with Gasteiger partial charge in [0.2, 0.25) is 0 Å². The van der Waals surface area contributed by atoms with Crippen molar-refractivity contribution in [3.05, 3.63) is 40.7 Å². The highest BCUT2D eigenvalue weighted by Gasteiger charge is 2.44. The first kappa shape index (κ1) is 21.1. The van der Waals surface area contributed by atoms with Gasteiger partial charge < -0.3 is 9.64 Å². The van der Waals surface area contributed by atoms with Crippen LogP contribution in [-0.2, 0) is 11.2 Å². The third-order valence-electron chi connectivity index (χ3n) is 5.37. The van der Waals surface area contributed by atoms with Crippen molar-refractivity contribution in [2.24, 2.45) is 0 Å². The molecule has 1 amide bonds. The molecule has 0 spiro atoms. The van der Waals surface area contributed by atoms with Crippen molar-refractivity contribution in [1.29, 1.82) is 0 Å². The lowest BCUT2D eigenvalue weighted by Gasteiger charge is -2.40. The molecule has 0 bridgehead atoms. The van der Waals surface area contributed by atoms with Crippen molar-refractivity contribution in [1.82, 2.24) is 24.6 Å². The van der Waals surface area contributed by atoms with Gasteiger partial charge in [-0.1, -0.05) is 48.5 Å². The smallest absolute Gasteiger partial charge is 0.409 e. The Morgan fingerprint density at radius 1 is 1.27 bits per heavy atom. The fourth-order valence-corrected chi connectivity index (χ4v) is 5.37. The van der Waals surface area contributed by atoms with Crippen LogP contribution in [0.2, 0.25) is 5.02 Å². The van der Waals surface area contributed by atoms with Crippen LogP contribution in [-0.4, -0.2) is 74.6 Å². The average molecular weight is 450 g/mol. The fourth-order valence-electron chi connectivity index (χ4n) is 3.86. The van der Waals surface area contributed by atoms with E-state index in [0.29, 0.717) is 55.2 Å². The second kappa shape index (κ2) is 8.95. The zero-order valence-corrected chi connectivity index (χ0v) is 18.5. The standard InChI is InChI=1S/C20H24ClN5O3S/c1-3-15-22-19-26(23-15)18(27)17(30-19)16(13-7-5-6-8-14(13)21)24-9-11-25(12-10-24)20(28)29-4-2/h5-8,16-17H,3-4,9-12H2,1-2H3. The number of carbonyl (C=O) groups excluding carboxylic acids is 2. The summed E-state index contributed by atoms with van der Waals surface area (Å²) in [6, 6.07) is 7.37. The van der Waals surface area contributed by atoms with Crippen LogP contribution in [0, 0.1) is 0 Å². The summed E-state index contributed by atoms with van der Waals surface area (Å²) in [7, 11) is 0. The van der Waals surface area contributed by atoms with Gasteiger partial charge in [0.1, 0.15) is 5.25 Å². The molecule has 1 saturated heterocycles. The molecule has 2 aliphatic rings. The van der Waals surface area contributed by atoms with Gasteiger partial charge >= 0.3 is 6.09 Å². The highest BCUT2D eigenvalue weighted by Crippen LogP contribution is 2.43. The molecule has 2 aromatic rings. The molecule has 0 radical (unpaired) electrons. The van der Waals surface area contributed by atoms with Gasteiger partial charge in [0.05, 0.1) is 12.6 Å². The number of ether oxygens (including phenoxy) is 1. The second-order valence-electron chi connectivity index (χ2n) is 7.14. The first-order chi connectivity index (χ1) is 14.5. The number of amides is 1. The normalized spacial score (nSPS) is 20.3. The van der Waals surface area contributed by atoms with E-state index < -0.39 is 5.25 Å². The van der Waals surface area contributed by atoms with Crippen molar-refractivity contribution in [2.75, 3.05) is 32.8 Å². The van der Waals surface area contributed by atoms with E-state index in [1.165, 1.54) is 16.4 Å². The molecule has 2 unspecified atom stereocenters. The molecule has 8 nitrogen and oxygen atoms in total. The Morgan fingerprint density at radius 2 is 2.00 bits per heavy atom. The minimum absolute atomic E-state index is 0.0834. The van der Waals surface area contributed by atoms with E-state index in [4.69, 9.17) is 16.3 Å². The predicted octanol–water partition coefficient (Wildman–Crippen LogP) is 3.12. The van der Waals surface area contributed by atoms with Gasteiger partial charge in [0.15, 0.2) is 11.0 Å². The topological polar surface area (TPSA) is 80.6 Å². The first-order valence-electron chi connectivity index (χ1n) is 10.1. The molecule has 1 aromatic carbocycles. The number of hydrogen-bond acceptors (Lipinski definition) is 7. The van der Waals surface area contributed by atoms with Gasteiger partial charge in [-0.05, 0) is 18.6 Å². The summed E-state index contributed by atoms with van der Waals surface area (Å²) in [6.45, 7) is 6.43. The van der Waals surface area contributed by atoms with Crippen LogP contribution in [0.25, 0.3) is 0 Å². The molecule has 4 rings (SSSR count). The first-order valence-corrected chi connectivity index (χ1v) is 11.4. The number of piperazine rings is 1. The number of rotatable bonds is 5. The molecular formula is C20H24ClN5O3S. The zero-order chi connectivity index (χ0) is 21.3. The zero-order valence-electron chi connectivity index (χ0n) is 17.0. The summed E-state index contributed by atoms with van der Waals surface area (Å²) in [5, 5.41) is 5.20. The minimum atomic E-state index is -0.403. The van der Waals surface area contributed by atoms with Crippen molar-refractivity contribution >= 4 is 35.4 Å². The van der Waals surface area contributed by atoms with Crippen LogP contribution in [0.15, 0.2) is 29.4 Å². The lowest BCUT2D eigenvalue weighted by Crippen LogP contribution is -2.52. The Bertz CT molecular complexity index is 944. The van der Waals surface area contributed by atoms with Crippen molar-refractivity contribution < 1.29 is 14.3 Å². The molecule has 3 heterocycles. The number of aryl methyl sites for hydroxylation is 1. The van der Waals surface area contributed by atoms with Gasteiger partial charge in [-0.25, -0.2) is 9.78 Å². The van der Waals surface area contributed by atoms with Crippen LogP contribution >= 0.6 is 23.4 Å². The molecule has 10 heteroatoms. The average Bonchev–Trinajstić information content (AvgIpc) is 3.29. The number of halogens is 1. The van der Waals surface area contributed by atoms with Crippen molar-refractivity contribution in [3.63, 3.8) is 0 Å². The third-order valence-corrected chi connectivity index (χ3v) is 6.90. The number of thioether (sulfide) groups is 1. The molecular weight excluding hydrogens is 426 g/mol. The maximum Gasteiger partial charge on any atom is 0.409 e. The number of fused-ring (bicyclic) bond motifs is 1. The summed E-state index contributed by atoms with van der Waals surface area (Å²) in [4.78, 5) is 33.7. The molecule has 1 fully saturated rings. The number of nitrogens with zero attached hydrogens (tertiary/aromatic N) is 5. The highest BCUT2D eigenvalue weighted by molar-refractivity contribution is 8.00. The van der Waals surface area contributed by atoms with Crippen LogP contribution in [0.3, 0.4) is 0 Å². The van der Waals surface area contributed by atoms with Gasteiger partial charge in [-0.3, -0.25) is 9.69 Å². The quantitative estimate of drug-likeness (QED) is 0.693. The summed E-state index contributed by atoms with van der Waals surface area (Å²) >= 11 is 7.98. The molecule has 2 atom stereocenters. The number of carbonyl (C=O) groups is 2. The Kier molecular flexibility index (Phi) is 6.31. The lowest BCUT2D eigenvalue weighted by atomic mass is 10.00. The van der Waals surface area contributed by atoms with Crippen LogP contribution in [0.1, 0.15) is 36.1 Å². The lowest BCUT2D eigenvalue weighted by molar-refractivity contribution is 0.0600. The second-order valence-corrected chi connectivity index (χ2v) is 8.66. The highest BCUT2D eigenvalue weighted by atomic mass is 35.5. The largest absolute Gasteiger partial charge is 0.450 e. The Labute approximate surface area is 184 Å². The molecule has 160 valence electrons. The maximum atomic E-state index is 13.2. The van der Waals surface area contributed by atoms with E-state index in [2.05, 4.69) is 15.0 Å². The number of aromatic nitrogens is 3. The Morgan fingerprint density at radius 3 is 2.63 bits per heavy atom. The van der Waals surface area contributed by atoms with Crippen LogP contribution in [0.5, 0.6) is 0 Å². The molecule has 0 N–H and O–H groups in total.